The summed E-state index contributed by atoms with van der Waals surface area (Å²) < 4.78 is 1.81. The molecule has 90 valence electrons. The largest absolute Gasteiger partial charge is 0.396 e. The molecule has 2 N–H and O–H groups in total. The highest BCUT2D eigenvalue weighted by Gasteiger charge is 2.08. The number of fused-ring (bicyclic) bond motifs is 1. The van der Waals surface area contributed by atoms with Gasteiger partial charge < -0.3 is 5.73 Å². The number of hydrogen-bond donors (Lipinski definition) is 1. The minimum absolute atomic E-state index is 0.712. The number of nitrogens with zero attached hydrogens (tertiary/aromatic N) is 2. The molecule has 18 heavy (non-hydrogen) atoms. The molecule has 0 aliphatic rings. The van der Waals surface area contributed by atoms with E-state index in [1.807, 2.05) is 11.7 Å². The zero-order chi connectivity index (χ0) is 12.7. The Hall–Kier alpha value is -2.29. The van der Waals surface area contributed by atoms with Gasteiger partial charge in [-0.15, -0.1) is 0 Å². The van der Waals surface area contributed by atoms with Crippen LogP contribution in [-0.4, -0.2) is 9.78 Å². The van der Waals surface area contributed by atoms with E-state index < -0.39 is 0 Å². The Labute approximate surface area is 106 Å². The van der Waals surface area contributed by atoms with E-state index in [2.05, 4.69) is 48.4 Å². The van der Waals surface area contributed by atoms with Crippen molar-refractivity contribution in [3.05, 3.63) is 48.2 Å². The van der Waals surface area contributed by atoms with Gasteiger partial charge in [-0.05, 0) is 23.8 Å². The number of hydrogen-bond acceptors (Lipinski definition) is 2. The van der Waals surface area contributed by atoms with E-state index in [1.165, 1.54) is 16.3 Å². The van der Waals surface area contributed by atoms with Gasteiger partial charge in [0, 0.05) is 12.6 Å². The Morgan fingerprint density at radius 3 is 2.50 bits per heavy atom. The van der Waals surface area contributed by atoms with Crippen LogP contribution in [0, 0.1) is 6.92 Å². The van der Waals surface area contributed by atoms with Crippen LogP contribution in [-0.2, 0) is 7.05 Å². The Morgan fingerprint density at radius 2 is 1.78 bits per heavy atom. The maximum absolute atomic E-state index is 5.96. The van der Waals surface area contributed by atoms with Gasteiger partial charge in [-0.25, -0.2) is 0 Å². The van der Waals surface area contributed by atoms with Crippen molar-refractivity contribution in [1.82, 2.24) is 9.78 Å². The molecule has 0 amide bonds. The first-order valence-corrected chi connectivity index (χ1v) is 5.93. The molecule has 0 aliphatic carbocycles. The summed E-state index contributed by atoms with van der Waals surface area (Å²) in [7, 11) is 1.91. The Morgan fingerprint density at radius 1 is 1.06 bits per heavy atom. The predicted octanol–water partition coefficient (Wildman–Crippen LogP) is 3.13. The summed E-state index contributed by atoms with van der Waals surface area (Å²) >= 11 is 0. The monoisotopic (exact) mass is 237 g/mol. The van der Waals surface area contributed by atoms with Crippen molar-refractivity contribution in [2.45, 2.75) is 6.92 Å². The number of aryl methyl sites for hydroxylation is 2. The van der Waals surface area contributed by atoms with Crippen LogP contribution in [0.25, 0.3) is 22.0 Å². The maximum Gasteiger partial charge on any atom is 0.0908 e. The predicted molar refractivity (Wildman–Crippen MR) is 75.3 cm³/mol. The second-order valence-corrected chi connectivity index (χ2v) is 4.64. The molecule has 0 saturated carbocycles. The van der Waals surface area contributed by atoms with E-state index in [1.54, 1.807) is 6.20 Å². The van der Waals surface area contributed by atoms with Gasteiger partial charge >= 0.3 is 0 Å². The molecule has 1 heterocycles. The van der Waals surface area contributed by atoms with Gasteiger partial charge in [0.1, 0.15) is 0 Å². The van der Waals surface area contributed by atoms with Crippen LogP contribution in [0.2, 0.25) is 0 Å². The van der Waals surface area contributed by atoms with Gasteiger partial charge in [-0.2, -0.15) is 5.10 Å². The smallest absolute Gasteiger partial charge is 0.0908 e. The topological polar surface area (TPSA) is 43.8 Å². The lowest BCUT2D eigenvalue weighted by Gasteiger charge is -2.06. The second-order valence-electron chi connectivity index (χ2n) is 4.64. The summed E-state index contributed by atoms with van der Waals surface area (Å²) in [6.07, 6.45) is 1.69. The maximum atomic E-state index is 5.96. The summed E-state index contributed by atoms with van der Waals surface area (Å²) in [5.41, 5.74) is 10.0. The van der Waals surface area contributed by atoms with Gasteiger partial charge in [0.15, 0.2) is 0 Å². The van der Waals surface area contributed by atoms with Crippen molar-refractivity contribution in [3.63, 3.8) is 0 Å². The highest BCUT2D eigenvalue weighted by molar-refractivity contribution is 5.89. The molecule has 3 heteroatoms. The molecular weight excluding hydrogens is 222 g/mol. The van der Waals surface area contributed by atoms with Crippen LogP contribution >= 0.6 is 0 Å². The van der Waals surface area contributed by atoms with Crippen LogP contribution in [0.4, 0.5) is 5.69 Å². The van der Waals surface area contributed by atoms with E-state index >= 15 is 0 Å². The van der Waals surface area contributed by atoms with Crippen LogP contribution in [0.1, 0.15) is 5.56 Å². The minimum atomic E-state index is 0.712. The fourth-order valence-corrected chi connectivity index (χ4v) is 2.32. The fourth-order valence-electron chi connectivity index (χ4n) is 2.32. The van der Waals surface area contributed by atoms with E-state index in [9.17, 15) is 0 Å². The third-order valence-electron chi connectivity index (χ3n) is 3.24. The van der Waals surface area contributed by atoms with Crippen LogP contribution in [0.3, 0.4) is 0 Å². The average Bonchev–Trinajstić information content (AvgIpc) is 2.69. The zero-order valence-corrected chi connectivity index (χ0v) is 10.5. The molecule has 3 nitrogen and oxygen atoms in total. The van der Waals surface area contributed by atoms with E-state index in [4.69, 9.17) is 5.73 Å². The molecule has 0 unspecified atom stereocenters. The van der Waals surface area contributed by atoms with Crippen molar-refractivity contribution >= 4 is 16.5 Å². The molecule has 0 radical (unpaired) electrons. The average molecular weight is 237 g/mol. The minimum Gasteiger partial charge on any atom is -0.396 e. The van der Waals surface area contributed by atoms with Gasteiger partial charge in [0.05, 0.1) is 17.6 Å². The molecule has 0 saturated heterocycles. The normalized spacial score (nSPS) is 11.0. The van der Waals surface area contributed by atoms with Crippen LogP contribution < -0.4 is 5.73 Å². The second kappa shape index (κ2) is 3.88. The number of benzene rings is 2. The lowest BCUT2D eigenvalue weighted by molar-refractivity contribution is 0.776. The van der Waals surface area contributed by atoms with Crippen molar-refractivity contribution in [1.29, 1.82) is 0 Å². The third-order valence-corrected chi connectivity index (χ3v) is 3.24. The zero-order valence-electron chi connectivity index (χ0n) is 10.5. The van der Waals surface area contributed by atoms with Crippen LogP contribution in [0.15, 0.2) is 42.6 Å². The van der Waals surface area contributed by atoms with Gasteiger partial charge in [0.25, 0.3) is 0 Å². The molecule has 3 rings (SSSR count). The Bertz CT molecular complexity index is 706. The molecule has 1 aromatic heterocycles. The first kappa shape index (κ1) is 10.8. The van der Waals surface area contributed by atoms with E-state index in [-0.39, 0.29) is 0 Å². The molecule has 3 aromatic rings. The highest BCUT2D eigenvalue weighted by Crippen LogP contribution is 2.28. The van der Waals surface area contributed by atoms with Crippen molar-refractivity contribution < 1.29 is 0 Å². The van der Waals surface area contributed by atoms with Gasteiger partial charge in [0.2, 0.25) is 0 Å². The Balaban J connectivity index is 2.23. The lowest BCUT2D eigenvalue weighted by Crippen LogP contribution is -1.95. The molecule has 0 spiro atoms. The first-order valence-electron chi connectivity index (χ1n) is 5.93. The molecule has 0 bridgehead atoms. The van der Waals surface area contributed by atoms with Gasteiger partial charge in [-0.3, -0.25) is 4.68 Å². The van der Waals surface area contributed by atoms with Gasteiger partial charge in [-0.1, -0.05) is 35.9 Å². The number of nitrogen functional groups attached to an aromatic ring is 1. The van der Waals surface area contributed by atoms with Crippen molar-refractivity contribution in [3.8, 4) is 11.3 Å². The standard InChI is InChI=1S/C15H15N3/c1-10-3-4-12-8-13(6-5-11(12)7-10)15-14(16)9-17-18(15)2/h3-9H,16H2,1-2H3. The van der Waals surface area contributed by atoms with E-state index in [0.29, 0.717) is 5.69 Å². The number of aromatic nitrogens is 2. The number of anilines is 1. The SMILES string of the molecule is Cc1ccc2cc(-c3c(N)cnn3C)ccc2c1. The summed E-state index contributed by atoms with van der Waals surface area (Å²) in [5, 5.41) is 6.65. The van der Waals surface area contributed by atoms with E-state index in [0.717, 1.165) is 11.3 Å². The lowest BCUT2D eigenvalue weighted by atomic mass is 10.0. The fraction of sp³-hybridized carbons (Fsp3) is 0.133. The summed E-state index contributed by atoms with van der Waals surface area (Å²) in [4.78, 5) is 0. The molecule has 2 aromatic carbocycles. The molecule has 0 aliphatic heterocycles. The summed E-state index contributed by atoms with van der Waals surface area (Å²) in [6, 6.07) is 12.8. The van der Waals surface area contributed by atoms with Crippen LogP contribution in [0.5, 0.6) is 0 Å². The summed E-state index contributed by atoms with van der Waals surface area (Å²) in [6.45, 7) is 2.10. The molecule has 0 fully saturated rings. The molecule has 0 atom stereocenters. The van der Waals surface area contributed by atoms with Crippen molar-refractivity contribution in [2.75, 3.05) is 5.73 Å². The van der Waals surface area contributed by atoms with Crippen molar-refractivity contribution in [2.24, 2.45) is 7.05 Å². The first-order chi connectivity index (χ1) is 8.65. The third kappa shape index (κ3) is 1.64. The summed E-state index contributed by atoms with van der Waals surface area (Å²) in [5.74, 6) is 0. The molecular formula is C15H15N3. The Kier molecular flexibility index (Phi) is 2.33. The highest BCUT2D eigenvalue weighted by atomic mass is 15.3. The quantitative estimate of drug-likeness (QED) is 0.706. The number of rotatable bonds is 1. The number of nitrogens with two attached hydrogens (primary N) is 1.